The molecule has 2 N–H and O–H groups in total. The van der Waals surface area contributed by atoms with Gasteiger partial charge in [-0.25, -0.2) is 14.5 Å². The molecule has 0 aliphatic carbocycles. The smallest absolute Gasteiger partial charge is 0.335 e. The van der Waals surface area contributed by atoms with E-state index in [2.05, 4.69) is 5.32 Å². The first-order chi connectivity index (χ1) is 17.4. The van der Waals surface area contributed by atoms with Crippen LogP contribution in [0.3, 0.4) is 0 Å². The number of nitrogens with zero attached hydrogens (tertiary/aromatic N) is 1. The van der Waals surface area contributed by atoms with Crippen LogP contribution in [0.2, 0.25) is 0 Å². The average molecular weight is 486 g/mol. The fourth-order valence-corrected chi connectivity index (χ4v) is 3.56. The van der Waals surface area contributed by atoms with E-state index in [1.165, 1.54) is 18.2 Å². The van der Waals surface area contributed by atoms with Gasteiger partial charge in [-0.1, -0.05) is 30.3 Å². The van der Waals surface area contributed by atoms with Crippen LogP contribution in [0.1, 0.15) is 28.4 Å². The standard InChI is InChI=1S/C27H22N2O7/c1-2-35-22-8-4-7-20(15-22)29-25(31)23(24(30)28-27(29)34)14-17-9-11-21(12-10-17)36-16-18-5-3-6-19(13-18)26(32)33/h3-15H,2,16H2,1H3,(H,32,33)(H,28,30,34)/b23-14+. The van der Waals surface area contributed by atoms with Gasteiger partial charge in [-0.3, -0.25) is 14.9 Å². The second kappa shape index (κ2) is 10.6. The Morgan fingerprint density at radius 2 is 1.69 bits per heavy atom. The van der Waals surface area contributed by atoms with Crippen LogP contribution in [-0.2, 0) is 16.2 Å². The Kier molecular flexibility index (Phi) is 7.10. The first kappa shape index (κ1) is 24.2. The summed E-state index contributed by atoms with van der Waals surface area (Å²) in [7, 11) is 0. The summed E-state index contributed by atoms with van der Waals surface area (Å²) in [6, 6.07) is 18.7. The number of benzene rings is 3. The average Bonchev–Trinajstić information content (AvgIpc) is 2.86. The third-order valence-corrected chi connectivity index (χ3v) is 5.26. The van der Waals surface area contributed by atoms with Gasteiger partial charge in [-0.15, -0.1) is 0 Å². The van der Waals surface area contributed by atoms with E-state index in [-0.39, 0.29) is 23.4 Å². The number of amides is 4. The monoisotopic (exact) mass is 486 g/mol. The van der Waals surface area contributed by atoms with Crippen LogP contribution in [0.15, 0.2) is 78.4 Å². The van der Waals surface area contributed by atoms with E-state index in [1.54, 1.807) is 60.7 Å². The third kappa shape index (κ3) is 5.41. The van der Waals surface area contributed by atoms with Crippen LogP contribution < -0.4 is 19.7 Å². The molecule has 0 unspecified atom stereocenters. The highest BCUT2D eigenvalue weighted by atomic mass is 16.5. The number of carbonyl (C=O) groups is 4. The largest absolute Gasteiger partial charge is 0.494 e. The number of anilines is 1. The van der Waals surface area contributed by atoms with E-state index in [0.717, 1.165) is 4.90 Å². The molecule has 9 heteroatoms. The Hall–Kier alpha value is -4.92. The normalized spacial score (nSPS) is 14.5. The molecule has 3 aromatic carbocycles. The summed E-state index contributed by atoms with van der Waals surface area (Å²) in [5.74, 6) is -1.56. The minimum absolute atomic E-state index is 0.167. The quantitative estimate of drug-likeness (QED) is 0.364. The number of urea groups is 1. The lowest BCUT2D eigenvalue weighted by Gasteiger charge is -2.26. The summed E-state index contributed by atoms with van der Waals surface area (Å²) in [5.41, 5.74) is 1.49. The summed E-state index contributed by atoms with van der Waals surface area (Å²) >= 11 is 0. The van der Waals surface area contributed by atoms with E-state index in [4.69, 9.17) is 14.6 Å². The third-order valence-electron chi connectivity index (χ3n) is 5.26. The molecule has 0 atom stereocenters. The number of nitrogens with one attached hydrogen (secondary N) is 1. The maximum atomic E-state index is 13.1. The van der Waals surface area contributed by atoms with Gasteiger partial charge in [-0.05, 0) is 60.5 Å². The van der Waals surface area contributed by atoms with Crippen LogP contribution in [-0.4, -0.2) is 35.5 Å². The van der Waals surface area contributed by atoms with Gasteiger partial charge in [0.05, 0.1) is 17.9 Å². The molecular weight excluding hydrogens is 464 g/mol. The summed E-state index contributed by atoms with van der Waals surface area (Å²) < 4.78 is 11.1. The topological polar surface area (TPSA) is 122 Å². The van der Waals surface area contributed by atoms with Crippen LogP contribution in [0.25, 0.3) is 6.08 Å². The zero-order chi connectivity index (χ0) is 25.7. The molecule has 1 aliphatic heterocycles. The Balaban J connectivity index is 1.50. The molecule has 4 rings (SSSR count). The number of ether oxygens (including phenoxy) is 2. The second-order valence-electron chi connectivity index (χ2n) is 7.75. The van der Waals surface area contributed by atoms with Crippen molar-refractivity contribution in [1.29, 1.82) is 0 Å². The van der Waals surface area contributed by atoms with Crippen molar-refractivity contribution in [3.05, 3.63) is 95.1 Å². The zero-order valence-electron chi connectivity index (χ0n) is 19.3. The fourth-order valence-electron chi connectivity index (χ4n) is 3.56. The molecule has 36 heavy (non-hydrogen) atoms. The lowest BCUT2D eigenvalue weighted by Crippen LogP contribution is -2.54. The first-order valence-electron chi connectivity index (χ1n) is 11.0. The molecule has 182 valence electrons. The number of rotatable bonds is 8. The van der Waals surface area contributed by atoms with Crippen molar-refractivity contribution in [2.45, 2.75) is 13.5 Å². The van der Waals surface area contributed by atoms with E-state index in [0.29, 0.717) is 29.2 Å². The van der Waals surface area contributed by atoms with Gasteiger partial charge in [-0.2, -0.15) is 0 Å². The molecule has 0 aromatic heterocycles. The molecule has 0 saturated carbocycles. The van der Waals surface area contributed by atoms with Gasteiger partial charge in [0, 0.05) is 6.07 Å². The predicted molar refractivity (Wildman–Crippen MR) is 131 cm³/mol. The SMILES string of the molecule is CCOc1cccc(N2C(=O)NC(=O)/C(=C\c3ccc(OCc4cccc(C(=O)O)c4)cc3)C2=O)c1. The molecule has 9 nitrogen and oxygen atoms in total. The van der Waals surface area contributed by atoms with Crippen LogP contribution in [0.4, 0.5) is 10.5 Å². The minimum atomic E-state index is -1.02. The van der Waals surface area contributed by atoms with Gasteiger partial charge in [0.15, 0.2) is 0 Å². The Bertz CT molecular complexity index is 1360. The molecule has 0 bridgehead atoms. The number of carbonyl (C=O) groups excluding carboxylic acids is 3. The number of barbiturate groups is 1. The highest BCUT2D eigenvalue weighted by Gasteiger charge is 2.36. The minimum Gasteiger partial charge on any atom is -0.494 e. The number of hydrogen-bond donors (Lipinski definition) is 2. The summed E-state index contributed by atoms with van der Waals surface area (Å²) in [6.07, 6.45) is 1.39. The number of carboxylic acid groups (broad SMARTS) is 1. The van der Waals surface area contributed by atoms with E-state index < -0.39 is 23.8 Å². The van der Waals surface area contributed by atoms with Gasteiger partial charge in [0.2, 0.25) is 0 Å². The Morgan fingerprint density at radius 1 is 0.944 bits per heavy atom. The molecule has 1 aliphatic rings. The van der Waals surface area contributed by atoms with Crippen LogP contribution >= 0.6 is 0 Å². The van der Waals surface area contributed by atoms with Gasteiger partial charge in [0.25, 0.3) is 11.8 Å². The molecular formula is C27H22N2O7. The summed E-state index contributed by atoms with van der Waals surface area (Å²) in [5, 5.41) is 11.3. The van der Waals surface area contributed by atoms with Crippen molar-refractivity contribution in [2.75, 3.05) is 11.5 Å². The molecule has 4 amide bonds. The number of aromatic carboxylic acids is 1. The lowest BCUT2D eigenvalue weighted by atomic mass is 10.1. The van der Waals surface area contributed by atoms with Gasteiger partial charge in [0.1, 0.15) is 23.7 Å². The molecule has 3 aromatic rings. The number of hydrogen-bond acceptors (Lipinski definition) is 6. The molecule has 0 radical (unpaired) electrons. The molecule has 1 heterocycles. The van der Waals surface area contributed by atoms with Crippen molar-refractivity contribution in [3.8, 4) is 11.5 Å². The Morgan fingerprint density at radius 3 is 2.42 bits per heavy atom. The van der Waals surface area contributed by atoms with Crippen molar-refractivity contribution in [1.82, 2.24) is 5.32 Å². The molecule has 1 saturated heterocycles. The predicted octanol–water partition coefficient (Wildman–Crippen LogP) is 4.03. The van der Waals surface area contributed by atoms with Crippen molar-refractivity contribution >= 4 is 35.6 Å². The number of imide groups is 2. The highest BCUT2D eigenvalue weighted by Crippen LogP contribution is 2.26. The maximum absolute atomic E-state index is 13.1. The van der Waals surface area contributed by atoms with Gasteiger partial charge >= 0.3 is 12.0 Å². The Labute approximate surface area is 206 Å². The highest BCUT2D eigenvalue weighted by molar-refractivity contribution is 6.39. The summed E-state index contributed by atoms with van der Waals surface area (Å²) in [4.78, 5) is 49.9. The van der Waals surface area contributed by atoms with Crippen molar-refractivity contribution in [2.24, 2.45) is 0 Å². The van der Waals surface area contributed by atoms with E-state index in [9.17, 15) is 19.2 Å². The van der Waals surface area contributed by atoms with E-state index >= 15 is 0 Å². The maximum Gasteiger partial charge on any atom is 0.335 e. The number of carboxylic acids is 1. The van der Waals surface area contributed by atoms with E-state index in [1.807, 2.05) is 6.92 Å². The summed E-state index contributed by atoms with van der Waals surface area (Å²) in [6.45, 7) is 2.40. The second-order valence-corrected chi connectivity index (χ2v) is 7.75. The zero-order valence-corrected chi connectivity index (χ0v) is 19.3. The van der Waals surface area contributed by atoms with Crippen LogP contribution in [0, 0.1) is 0 Å². The van der Waals surface area contributed by atoms with Crippen LogP contribution in [0.5, 0.6) is 11.5 Å². The van der Waals surface area contributed by atoms with Gasteiger partial charge < -0.3 is 14.6 Å². The fraction of sp³-hybridized carbons (Fsp3) is 0.111. The lowest BCUT2D eigenvalue weighted by molar-refractivity contribution is -0.122. The molecule has 0 spiro atoms. The molecule has 1 fully saturated rings. The van der Waals surface area contributed by atoms with Crippen molar-refractivity contribution < 1.29 is 33.8 Å². The van der Waals surface area contributed by atoms with Crippen molar-refractivity contribution in [3.63, 3.8) is 0 Å². The first-order valence-corrected chi connectivity index (χ1v) is 11.0.